The van der Waals surface area contributed by atoms with Crippen molar-refractivity contribution in [2.24, 2.45) is 17.6 Å². The first-order valence-electron chi connectivity index (χ1n) is 8.86. The van der Waals surface area contributed by atoms with E-state index in [0.29, 0.717) is 12.8 Å². The first-order chi connectivity index (χ1) is 12.0. The predicted molar refractivity (Wildman–Crippen MR) is 97.1 cm³/mol. The maximum absolute atomic E-state index is 12.6. The van der Waals surface area contributed by atoms with Crippen molar-refractivity contribution in [3.05, 3.63) is 0 Å². The Morgan fingerprint density at radius 2 is 1.54 bits per heavy atom. The Hall–Kier alpha value is -2.16. The predicted octanol–water partition coefficient (Wildman–Crippen LogP) is -0.404. The monoisotopic (exact) mass is 372 g/mol. The van der Waals surface area contributed by atoms with Gasteiger partial charge in [-0.1, -0.05) is 34.1 Å². The molecule has 0 rings (SSSR count). The molecule has 0 aromatic rings. The highest BCUT2D eigenvalue weighted by molar-refractivity contribution is 5.93. The average molecular weight is 372 g/mol. The number of aliphatic carboxylic acids is 1. The second-order valence-corrected chi connectivity index (χ2v) is 6.89. The highest BCUT2D eigenvalue weighted by Gasteiger charge is 2.31. The zero-order valence-corrected chi connectivity index (χ0v) is 16.2. The second-order valence-electron chi connectivity index (χ2n) is 6.89. The summed E-state index contributed by atoms with van der Waals surface area (Å²) in [4.78, 5) is 47.6. The molecule has 9 heteroatoms. The standard InChI is InChI=1S/C17H32N4O5/c1-6-10(4)14(16(24)19-11(5)17(25)26)21-15(23)12(7-9(2)3)20-13(22)8-18/h9-12,14H,6-8,18H2,1-5H3,(H,19,24)(H,20,22)(H,21,23)(H,25,26). The van der Waals surface area contributed by atoms with Crippen LogP contribution in [0.25, 0.3) is 0 Å². The van der Waals surface area contributed by atoms with E-state index < -0.39 is 41.8 Å². The lowest BCUT2D eigenvalue weighted by atomic mass is 9.96. The molecule has 150 valence electrons. The van der Waals surface area contributed by atoms with E-state index in [-0.39, 0.29) is 18.4 Å². The largest absolute Gasteiger partial charge is 0.480 e. The minimum atomic E-state index is -1.17. The molecule has 0 spiro atoms. The van der Waals surface area contributed by atoms with Crippen LogP contribution in [0.1, 0.15) is 47.5 Å². The van der Waals surface area contributed by atoms with Gasteiger partial charge in [0, 0.05) is 0 Å². The van der Waals surface area contributed by atoms with Crippen molar-refractivity contribution in [1.29, 1.82) is 0 Å². The maximum Gasteiger partial charge on any atom is 0.325 e. The molecule has 0 aliphatic rings. The summed E-state index contributed by atoms with van der Waals surface area (Å²) in [6.45, 7) is 8.56. The summed E-state index contributed by atoms with van der Waals surface area (Å²) in [5.41, 5.74) is 5.29. The van der Waals surface area contributed by atoms with Crippen LogP contribution in [0.15, 0.2) is 0 Å². The summed E-state index contributed by atoms with van der Waals surface area (Å²) >= 11 is 0. The van der Waals surface area contributed by atoms with Crippen LogP contribution in [0.2, 0.25) is 0 Å². The molecule has 4 unspecified atom stereocenters. The van der Waals surface area contributed by atoms with Crippen LogP contribution in [0.5, 0.6) is 0 Å². The number of hydrogen-bond donors (Lipinski definition) is 5. The van der Waals surface area contributed by atoms with Crippen molar-refractivity contribution in [3.63, 3.8) is 0 Å². The van der Waals surface area contributed by atoms with Crippen molar-refractivity contribution in [3.8, 4) is 0 Å². The van der Waals surface area contributed by atoms with Gasteiger partial charge in [-0.05, 0) is 25.2 Å². The summed E-state index contributed by atoms with van der Waals surface area (Å²) in [7, 11) is 0. The number of carbonyl (C=O) groups excluding carboxylic acids is 3. The number of carboxylic acid groups (broad SMARTS) is 1. The van der Waals surface area contributed by atoms with Gasteiger partial charge in [0.15, 0.2) is 0 Å². The van der Waals surface area contributed by atoms with Gasteiger partial charge in [0.25, 0.3) is 0 Å². The smallest absolute Gasteiger partial charge is 0.325 e. The Bertz CT molecular complexity index is 509. The molecule has 0 radical (unpaired) electrons. The number of amides is 3. The van der Waals surface area contributed by atoms with Gasteiger partial charge in [0.05, 0.1) is 6.54 Å². The van der Waals surface area contributed by atoms with E-state index in [1.807, 2.05) is 20.8 Å². The SMILES string of the molecule is CCC(C)C(NC(=O)C(CC(C)C)NC(=O)CN)C(=O)NC(C)C(=O)O. The molecule has 0 aromatic carbocycles. The number of hydrogen-bond acceptors (Lipinski definition) is 5. The first-order valence-corrected chi connectivity index (χ1v) is 8.86. The third kappa shape index (κ3) is 8.28. The second kappa shape index (κ2) is 11.5. The van der Waals surface area contributed by atoms with Crippen LogP contribution >= 0.6 is 0 Å². The molecule has 0 aromatic heterocycles. The van der Waals surface area contributed by atoms with Gasteiger partial charge in [0.1, 0.15) is 18.1 Å². The number of carbonyl (C=O) groups is 4. The fourth-order valence-electron chi connectivity index (χ4n) is 2.28. The summed E-state index contributed by atoms with van der Waals surface area (Å²) in [5, 5.41) is 16.5. The quantitative estimate of drug-likeness (QED) is 0.333. The normalized spacial score (nSPS) is 15.5. The Morgan fingerprint density at radius 3 is 1.96 bits per heavy atom. The van der Waals surface area contributed by atoms with E-state index in [9.17, 15) is 19.2 Å². The summed E-state index contributed by atoms with van der Waals surface area (Å²) in [5.74, 6) is -2.79. The van der Waals surface area contributed by atoms with E-state index in [0.717, 1.165) is 0 Å². The Morgan fingerprint density at radius 1 is 0.962 bits per heavy atom. The van der Waals surface area contributed by atoms with Gasteiger partial charge in [0.2, 0.25) is 17.7 Å². The Kier molecular flexibility index (Phi) is 10.5. The molecule has 0 saturated carbocycles. The molecule has 4 atom stereocenters. The van der Waals surface area contributed by atoms with Crippen LogP contribution in [0.4, 0.5) is 0 Å². The fourth-order valence-corrected chi connectivity index (χ4v) is 2.28. The zero-order valence-electron chi connectivity index (χ0n) is 16.2. The average Bonchev–Trinajstić information content (AvgIpc) is 2.57. The lowest BCUT2D eigenvalue weighted by Crippen LogP contribution is -2.57. The topological polar surface area (TPSA) is 151 Å². The van der Waals surface area contributed by atoms with Gasteiger partial charge in [-0.2, -0.15) is 0 Å². The van der Waals surface area contributed by atoms with Crippen molar-refractivity contribution in [2.75, 3.05) is 6.54 Å². The molecule has 0 aliphatic heterocycles. The highest BCUT2D eigenvalue weighted by atomic mass is 16.4. The van der Waals surface area contributed by atoms with Crippen molar-refractivity contribution in [1.82, 2.24) is 16.0 Å². The van der Waals surface area contributed by atoms with E-state index in [1.54, 1.807) is 6.92 Å². The van der Waals surface area contributed by atoms with Crippen LogP contribution in [0, 0.1) is 11.8 Å². The first kappa shape index (κ1) is 23.8. The third-order valence-electron chi connectivity index (χ3n) is 4.07. The van der Waals surface area contributed by atoms with E-state index in [4.69, 9.17) is 10.8 Å². The Labute approximate surface area is 154 Å². The fraction of sp³-hybridized carbons (Fsp3) is 0.765. The van der Waals surface area contributed by atoms with E-state index >= 15 is 0 Å². The van der Waals surface area contributed by atoms with Gasteiger partial charge in [-0.3, -0.25) is 19.2 Å². The zero-order chi connectivity index (χ0) is 20.4. The molecule has 0 heterocycles. The van der Waals surface area contributed by atoms with Crippen LogP contribution in [-0.2, 0) is 19.2 Å². The van der Waals surface area contributed by atoms with Gasteiger partial charge < -0.3 is 26.8 Å². The lowest BCUT2D eigenvalue weighted by molar-refractivity contribution is -0.142. The minimum Gasteiger partial charge on any atom is -0.480 e. The number of nitrogens with one attached hydrogen (secondary N) is 3. The number of rotatable bonds is 11. The Balaban J connectivity index is 5.25. The summed E-state index contributed by atoms with van der Waals surface area (Å²) < 4.78 is 0. The minimum absolute atomic E-state index is 0.131. The molecular weight excluding hydrogens is 340 g/mol. The van der Waals surface area contributed by atoms with Crippen molar-refractivity contribution >= 4 is 23.7 Å². The molecule has 0 fully saturated rings. The molecule has 0 bridgehead atoms. The summed E-state index contributed by atoms with van der Waals surface area (Å²) in [6, 6.07) is -2.80. The molecule has 0 aliphatic carbocycles. The molecule has 26 heavy (non-hydrogen) atoms. The van der Waals surface area contributed by atoms with Gasteiger partial charge in [-0.15, -0.1) is 0 Å². The van der Waals surface area contributed by atoms with Crippen LogP contribution < -0.4 is 21.7 Å². The van der Waals surface area contributed by atoms with Crippen molar-refractivity contribution in [2.45, 2.75) is 65.6 Å². The van der Waals surface area contributed by atoms with E-state index in [2.05, 4.69) is 16.0 Å². The van der Waals surface area contributed by atoms with Crippen LogP contribution in [0.3, 0.4) is 0 Å². The molecule has 3 amide bonds. The summed E-state index contributed by atoms with van der Waals surface area (Å²) in [6.07, 6.45) is 0.988. The lowest BCUT2D eigenvalue weighted by Gasteiger charge is -2.27. The highest BCUT2D eigenvalue weighted by Crippen LogP contribution is 2.11. The molecule has 9 nitrogen and oxygen atoms in total. The van der Waals surface area contributed by atoms with E-state index in [1.165, 1.54) is 6.92 Å². The van der Waals surface area contributed by atoms with Crippen molar-refractivity contribution < 1.29 is 24.3 Å². The van der Waals surface area contributed by atoms with Gasteiger partial charge in [-0.25, -0.2) is 0 Å². The van der Waals surface area contributed by atoms with Gasteiger partial charge >= 0.3 is 5.97 Å². The molecule has 0 saturated heterocycles. The number of nitrogens with two attached hydrogens (primary N) is 1. The van der Waals surface area contributed by atoms with Crippen LogP contribution in [-0.4, -0.2) is 53.5 Å². The molecule has 6 N–H and O–H groups in total. The maximum atomic E-state index is 12.6. The third-order valence-corrected chi connectivity index (χ3v) is 4.07. The molecular formula is C17H32N4O5. The number of carboxylic acids is 1.